The van der Waals surface area contributed by atoms with Crippen LogP contribution in [0.4, 0.5) is 0 Å². The zero-order valence-electron chi connectivity index (χ0n) is 7.92. The van der Waals surface area contributed by atoms with Crippen molar-refractivity contribution in [2.45, 2.75) is 13.1 Å². The van der Waals surface area contributed by atoms with Crippen molar-refractivity contribution in [3.8, 4) is 0 Å². The van der Waals surface area contributed by atoms with Crippen molar-refractivity contribution in [3.63, 3.8) is 0 Å². The van der Waals surface area contributed by atoms with Crippen molar-refractivity contribution in [3.05, 3.63) is 29.8 Å². The number of carbonyl (C=O) groups is 1. The molecule has 13 heavy (non-hydrogen) atoms. The number of hydrogen-bond donors (Lipinski definition) is 1. The third-order valence-electron chi connectivity index (χ3n) is 2.59. The Balaban J connectivity index is 2.61. The van der Waals surface area contributed by atoms with E-state index in [2.05, 4.69) is 24.5 Å². The van der Waals surface area contributed by atoms with Crippen LogP contribution in [-0.4, -0.2) is 20.1 Å². The summed E-state index contributed by atoms with van der Waals surface area (Å²) in [5.41, 5.74) is 0.880. The number of nitrogens with one attached hydrogen (secondary N) is 1. The topological polar surface area (TPSA) is 29.1 Å². The molecule has 0 aromatic heterocycles. The lowest BCUT2D eigenvalue weighted by molar-refractivity contribution is 0.0958. The van der Waals surface area contributed by atoms with Crippen molar-refractivity contribution in [2.75, 3.05) is 6.17 Å². The molecule has 68 valence electrons. The number of hydrogen-bond acceptors (Lipinski definition) is 1. The molecule has 0 aliphatic carbocycles. The average molecular weight is 191 g/mol. The molecular weight excluding hydrogens is 178 g/mol. The smallest absolute Gasteiger partial charge is 0.250 e. The zero-order valence-corrected chi connectivity index (χ0v) is 8.92. The van der Waals surface area contributed by atoms with Crippen molar-refractivity contribution in [1.82, 2.24) is 5.32 Å². The Labute approximate surface area is 79.0 Å². The standard InChI is InChI=1S/C10H13NOSi/c1-13(2)7-11-10(12)8-5-3-4-6-9(8)13/h3-6H,7H2,1-2H3,(H,11,12). The highest BCUT2D eigenvalue weighted by Gasteiger charge is 2.32. The summed E-state index contributed by atoms with van der Waals surface area (Å²) in [4.78, 5) is 11.5. The van der Waals surface area contributed by atoms with Gasteiger partial charge in [0.05, 0.1) is 0 Å². The van der Waals surface area contributed by atoms with E-state index in [1.807, 2.05) is 18.2 Å². The van der Waals surface area contributed by atoms with Crippen LogP contribution in [0.5, 0.6) is 0 Å². The predicted octanol–water partition coefficient (Wildman–Crippen LogP) is 0.885. The second-order valence-corrected chi connectivity index (χ2v) is 8.77. The first-order valence-electron chi connectivity index (χ1n) is 4.49. The molecule has 0 bridgehead atoms. The van der Waals surface area contributed by atoms with E-state index in [0.29, 0.717) is 0 Å². The van der Waals surface area contributed by atoms with E-state index in [0.717, 1.165) is 11.7 Å². The highest BCUT2D eigenvalue weighted by atomic mass is 28.3. The van der Waals surface area contributed by atoms with Gasteiger partial charge in [-0.15, -0.1) is 0 Å². The van der Waals surface area contributed by atoms with Crippen LogP contribution in [0.3, 0.4) is 0 Å². The number of amides is 1. The van der Waals surface area contributed by atoms with E-state index in [9.17, 15) is 4.79 Å². The van der Waals surface area contributed by atoms with Crippen LogP contribution in [-0.2, 0) is 0 Å². The molecule has 0 fully saturated rings. The highest BCUT2D eigenvalue weighted by Crippen LogP contribution is 2.11. The Morgan fingerprint density at radius 3 is 2.69 bits per heavy atom. The molecule has 0 saturated carbocycles. The largest absolute Gasteiger partial charge is 0.355 e. The van der Waals surface area contributed by atoms with Gasteiger partial charge in [0.25, 0.3) is 5.91 Å². The first kappa shape index (κ1) is 8.50. The van der Waals surface area contributed by atoms with Crippen LogP contribution in [0.15, 0.2) is 24.3 Å². The fraction of sp³-hybridized carbons (Fsp3) is 0.300. The van der Waals surface area contributed by atoms with Gasteiger partial charge in [-0.3, -0.25) is 4.79 Å². The monoisotopic (exact) mass is 191 g/mol. The molecular formula is C10H13NOSi. The van der Waals surface area contributed by atoms with Gasteiger partial charge in [-0.05, 0) is 11.3 Å². The van der Waals surface area contributed by atoms with Crippen molar-refractivity contribution < 1.29 is 4.79 Å². The predicted molar refractivity (Wildman–Crippen MR) is 55.9 cm³/mol. The molecule has 0 unspecified atom stereocenters. The minimum absolute atomic E-state index is 0.0856. The van der Waals surface area contributed by atoms with Crippen molar-refractivity contribution in [2.24, 2.45) is 0 Å². The molecule has 0 spiro atoms. The summed E-state index contributed by atoms with van der Waals surface area (Å²) in [7, 11) is -1.38. The summed E-state index contributed by atoms with van der Waals surface area (Å²) >= 11 is 0. The van der Waals surface area contributed by atoms with Crippen LogP contribution in [0.2, 0.25) is 13.1 Å². The molecule has 2 nitrogen and oxygen atoms in total. The Bertz CT molecular complexity index is 360. The van der Waals surface area contributed by atoms with Gasteiger partial charge in [-0.1, -0.05) is 31.3 Å². The van der Waals surface area contributed by atoms with Gasteiger partial charge >= 0.3 is 0 Å². The second-order valence-electron chi connectivity index (χ2n) is 4.11. The first-order chi connectivity index (χ1) is 6.11. The number of carbonyl (C=O) groups excluding carboxylic acids is 1. The molecule has 1 aromatic carbocycles. The molecule has 0 radical (unpaired) electrons. The van der Waals surface area contributed by atoms with Gasteiger partial charge in [0, 0.05) is 11.7 Å². The summed E-state index contributed by atoms with van der Waals surface area (Å²) in [6.45, 7) is 4.57. The Kier molecular flexibility index (Phi) is 1.77. The molecule has 1 heterocycles. The Hall–Kier alpha value is -1.09. The van der Waals surface area contributed by atoms with Gasteiger partial charge in [0.1, 0.15) is 8.07 Å². The fourth-order valence-electron chi connectivity index (χ4n) is 1.76. The maximum atomic E-state index is 11.5. The van der Waals surface area contributed by atoms with E-state index < -0.39 is 8.07 Å². The third-order valence-corrected chi connectivity index (χ3v) is 5.55. The lowest BCUT2D eigenvalue weighted by Gasteiger charge is -2.30. The van der Waals surface area contributed by atoms with Crippen LogP contribution < -0.4 is 10.5 Å². The summed E-state index contributed by atoms with van der Waals surface area (Å²) in [5, 5.41) is 4.24. The molecule has 1 aromatic rings. The summed E-state index contributed by atoms with van der Waals surface area (Å²) in [6.07, 6.45) is 0.864. The van der Waals surface area contributed by atoms with E-state index in [-0.39, 0.29) is 5.91 Å². The van der Waals surface area contributed by atoms with Gasteiger partial charge in [-0.25, -0.2) is 0 Å². The lowest BCUT2D eigenvalue weighted by Crippen LogP contribution is -2.58. The van der Waals surface area contributed by atoms with Crippen LogP contribution >= 0.6 is 0 Å². The van der Waals surface area contributed by atoms with Crippen LogP contribution in [0.1, 0.15) is 10.4 Å². The number of benzene rings is 1. The molecule has 1 amide bonds. The Morgan fingerprint density at radius 2 is 2.00 bits per heavy atom. The molecule has 2 rings (SSSR count). The summed E-state index contributed by atoms with van der Waals surface area (Å²) in [6, 6.07) is 7.96. The quantitative estimate of drug-likeness (QED) is 0.606. The van der Waals surface area contributed by atoms with Gasteiger partial charge in [0.15, 0.2) is 0 Å². The maximum Gasteiger partial charge on any atom is 0.250 e. The van der Waals surface area contributed by atoms with E-state index in [4.69, 9.17) is 0 Å². The van der Waals surface area contributed by atoms with Gasteiger partial charge in [-0.2, -0.15) is 0 Å². The molecule has 0 saturated heterocycles. The van der Waals surface area contributed by atoms with Crippen molar-refractivity contribution >= 4 is 19.2 Å². The normalized spacial score (nSPS) is 19.1. The zero-order chi connectivity index (χ0) is 9.47. The SMILES string of the molecule is C[Si]1(C)CNC(=O)c2ccccc21. The number of rotatable bonds is 0. The highest BCUT2D eigenvalue weighted by molar-refractivity contribution is 6.91. The first-order valence-corrected chi connectivity index (χ1v) is 7.70. The maximum absolute atomic E-state index is 11.5. The van der Waals surface area contributed by atoms with Gasteiger partial charge in [0.2, 0.25) is 0 Å². The second kappa shape index (κ2) is 2.70. The Morgan fingerprint density at radius 1 is 1.31 bits per heavy atom. The van der Waals surface area contributed by atoms with Gasteiger partial charge < -0.3 is 5.32 Å². The van der Waals surface area contributed by atoms with Crippen LogP contribution in [0.25, 0.3) is 0 Å². The summed E-state index contributed by atoms with van der Waals surface area (Å²) in [5.74, 6) is 0.0856. The number of fused-ring (bicyclic) bond motifs is 1. The van der Waals surface area contributed by atoms with E-state index >= 15 is 0 Å². The molecule has 3 heteroatoms. The minimum atomic E-state index is -1.38. The molecule has 1 N–H and O–H groups in total. The average Bonchev–Trinajstić information content (AvgIpc) is 2.13. The van der Waals surface area contributed by atoms with E-state index in [1.54, 1.807) is 0 Å². The van der Waals surface area contributed by atoms with Crippen molar-refractivity contribution in [1.29, 1.82) is 0 Å². The molecule has 1 aliphatic heterocycles. The third kappa shape index (κ3) is 1.29. The summed E-state index contributed by atoms with van der Waals surface area (Å²) < 4.78 is 0. The molecule has 1 aliphatic rings. The lowest BCUT2D eigenvalue weighted by atomic mass is 10.2. The molecule has 0 atom stereocenters. The van der Waals surface area contributed by atoms with E-state index in [1.165, 1.54) is 5.19 Å². The minimum Gasteiger partial charge on any atom is -0.355 e. The fourth-order valence-corrected chi connectivity index (χ4v) is 4.03. The van der Waals surface area contributed by atoms with Crippen LogP contribution in [0, 0.1) is 0 Å².